The molecule has 4 heteroatoms. The van der Waals surface area contributed by atoms with Gasteiger partial charge in [-0.05, 0) is 29.5 Å². The Kier molecular flexibility index (Phi) is 7.78. The summed E-state index contributed by atoms with van der Waals surface area (Å²) >= 11 is 0. The minimum Gasteiger partial charge on any atom is -0.397 e. The van der Waals surface area contributed by atoms with Gasteiger partial charge in [0.1, 0.15) is 5.82 Å². The molecule has 25 heavy (non-hydrogen) atoms. The van der Waals surface area contributed by atoms with Crippen LogP contribution in [0.15, 0.2) is 37.4 Å². The molecule has 0 aliphatic carbocycles. The van der Waals surface area contributed by atoms with Gasteiger partial charge in [0.2, 0.25) is 0 Å². The quantitative estimate of drug-likeness (QED) is 0.711. The van der Waals surface area contributed by atoms with E-state index in [2.05, 4.69) is 40.9 Å². The maximum atomic E-state index is 13.3. The number of hydrogen-bond donors (Lipinski definition) is 1. The van der Waals surface area contributed by atoms with E-state index in [-0.39, 0.29) is 17.7 Å². The smallest absolute Gasteiger partial charge is 0.123 e. The molecular formula is C21H29FN2O. The summed E-state index contributed by atoms with van der Waals surface area (Å²) in [6, 6.07) is 6.43. The van der Waals surface area contributed by atoms with Crippen molar-refractivity contribution in [2.45, 2.75) is 46.1 Å². The number of rotatable bonds is 5. The van der Waals surface area contributed by atoms with Crippen molar-refractivity contribution >= 4 is 5.69 Å². The molecule has 0 spiro atoms. The highest BCUT2D eigenvalue weighted by atomic mass is 19.1. The molecule has 0 bridgehead atoms. The lowest BCUT2D eigenvalue weighted by Crippen LogP contribution is -2.12. The van der Waals surface area contributed by atoms with Crippen molar-refractivity contribution in [3.63, 3.8) is 0 Å². The van der Waals surface area contributed by atoms with Crippen molar-refractivity contribution in [2.75, 3.05) is 12.8 Å². The summed E-state index contributed by atoms with van der Waals surface area (Å²) in [5.74, 6) is 0.198. The zero-order valence-electron chi connectivity index (χ0n) is 15.9. The molecule has 136 valence electrons. The monoisotopic (exact) mass is 344 g/mol. The lowest BCUT2D eigenvalue weighted by Gasteiger charge is -2.22. The van der Waals surface area contributed by atoms with E-state index in [0.29, 0.717) is 12.3 Å². The van der Waals surface area contributed by atoms with E-state index in [1.54, 1.807) is 19.2 Å². The normalized spacial score (nSPS) is 10.7. The summed E-state index contributed by atoms with van der Waals surface area (Å²) in [5, 5.41) is 0. The van der Waals surface area contributed by atoms with Gasteiger partial charge < -0.3 is 10.5 Å². The van der Waals surface area contributed by atoms with E-state index in [4.69, 9.17) is 15.5 Å². The van der Waals surface area contributed by atoms with Gasteiger partial charge in [0, 0.05) is 23.9 Å². The second-order valence-corrected chi connectivity index (χ2v) is 6.40. The molecule has 2 aromatic rings. The second kappa shape index (κ2) is 9.33. The number of benzene rings is 1. The molecule has 1 aromatic carbocycles. The van der Waals surface area contributed by atoms with Crippen LogP contribution in [0.1, 0.15) is 56.5 Å². The summed E-state index contributed by atoms with van der Waals surface area (Å²) in [5.41, 5.74) is 11.8. The number of ether oxygens (including phenoxy) is 1. The Hall–Kier alpha value is -2.20. The van der Waals surface area contributed by atoms with Crippen LogP contribution in [0.2, 0.25) is 0 Å². The molecule has 1 aromatic heterocycles. The zero-order chi connectivity index (χ0) is 19.1. The molecule has 0 fully saturated rings. The first-order valence-electron chi connectivity index (χ1n) is 8.43. The van der Waals surface area contributed by atoms with Crippen LogP contribution in [0.5, 0.6) is 0 Å². The molecule has 2 rings (SSSR count). The van der Waals surface area contributed by atoms with Gasteiger partial charge in [0.15, 0.2) is 0 Å². The molecule has 1 heterocycles. The van der Waals surface area contributed by atoms with Crippen LogP contribution in [0.25, 0.3) is 11.1 Å². The highest BCUT2D eigenvalue weighted by molar-refractivity contribution is 5.81. The van der Waals surface area contributed by atoms with E-state index < -0.39 is 0 Å². The number of methoxy groups -OCH3 is 1. The second-order valence-electron chi connectivity index (χ2n) is 6.40. The minimum atomic E-state index is -0.261. The maximum absolute atomic E-state index is 13.3. The Bertz CT molecular complexity index is 694. The topological polar surface area (TPSA) is 48.1 Å². The van der Waals surface area contributed by atoms with Crippen LogP contribution in [0, 0.1) is 5.82 Å². The lowest BCUT2D eigenvalue weighted by molar-refractivity contribution is 0.184. The van der Waals surface area contributed by atoms with Crippen LogP contribution in [0.4, 0.5) is 10.1 Å². The Morgan fingerprint density at radius 2 is 1.56 bits per heavy atom. The number of pyridine rings is 1. The largest absolute Gasteiger partial charge is 0.397 e. The predicted molar refractivity (Wildman–Crippen MR) is 104 cm³/mol. The molecule has 3 nitrogen and oxygen atoms in total. The minimum absolute atomic E-state index is 0.211. The molecule has 0 unspecified atom stereocenters. The van der Waals surface area contributed by atoms with Gasteiger partial charge in [-0.15, -0.1) is 13.2 Å². The van der Waals surface area contributed by atoms with Crippen LogP contribution in [-0.4, -0.2) is 12.1 Å². The third kappa shape index (κ3) is 4.67. The zero-order valence-corrected chi connectivity index (χ0v) is 15.9. The molecule has 0 saturated heterocycles. The molecule has 0 radical (unpaired) electrons. The number of nitrogen functional groups attached to an aromatic ring is 1. The van der Waals surface area contributed by atoms with Crippen molar-refractivity contribution < 1.29 is 9.13 Å². The average Bonchev–Trinajstić information content (AvgIpc) is 2.58. The van der Waals surface area contributed by atoms with Crippen LogP contribution in [-0.2, 0) is 11.3 Å². The Labute approximate surface area is 150 Å². The lowest BCUT2D eigenvalue weighted by atomic mass is 9.90. The maximum Gasteiger partial charge on any atom is 0.123 e. The Morgan fingerprint density at radius 1 is 1.04 bits per heavy atom. The third-order valence-electron chi connectivity index (χ3n) is 3.91. The fourth-order valence-electron chi connectivity index (χ4n) is 2.83. The molecule has 2 N–H and O–H groups in total. The van der Waals surface area contributed by atoms with Crippen LogP contribution in [0.3, 0.4) is 0 Å². The number of aromatic nitrogens is 1. The van der Waals surface area contributed by atoms with Crippen molar-refractivity contribution in [1.29, 1.82) is 0 Å². The first kappa shape index (κ1) is 20.8. The van der Waals surface area contributed by atoms with Crippen molar-refractivity contribution in [2.24, 2.45) is 0 Å². The number of nitrogens with two attached hydrogens (primary N) is 1. The predicted octanol–water partition coefficient (Wildman–Crippen LogP) is 5.67. The van der Waals surface area contributed by atoms with Crippen molar-refractivity contribution in [3.05, 3.63) is 60.2 Å². The molecular weight excluding hydrogens is 315 g/mol. The highest BCUT2D eigenvalue weighted by Crippen LogP contribution is 2.38. The van der Waals surface area contributed by atoms with Crippen LogP contribution < -0.4 is 5.73 Å². The SMILES string of the molecule is C=C.COCc1c(C(C)C)nc(C(C)C)c(N)c1-c1ccc(F)cc1. The third-order valence-corrected chi connectivity index (χ3v) is 3.91. The van der Waals surface area contributed by atoms with Gasteiger partial charge in [-0.1, -0.05) is 39.8 Å². The fraction of sp³-hybridized carbons (Fsp3) is 0.381. The van der Waals surface area contributed by atoms with Gasteiger partial charge in [0.25, 0.3) is 0 Å². The molecule has 0 saturated carbocycles. The fourth-order valence-corrected chi connectivity index (χ4v) is 2.83. The number of nitrogens with zero attached hydrogens (tertiary/aromatic N) is 1. The molecule has 0 aliphatic rings. The summed E-state index contributed by atoms with van der Waals surface area (Å²) in [7, 11) is 1.66. The van der Waals surface area contributed by atoms with Crippen molar-refractivity contribution in [3.8, 4) is 11.1 Å². The van der Waals surface area contributed by atoms with Gasteiger partial charge in [-0.2, -0.15) is 0 Å². The van der Waals surface area contributed by atoms with E-state index in [1.165, 1.54) is 12.1 Å². The summed E-state index contributed by atoms with van der Waals surface area (Å²) < 4.78 is 18.7. The van der Waals surface area contributed by atoms with E-state index in [1.807, 2.05) is 0 Å². The Morgan fingerprint density at radius 3 is 2.00 bits per heavy atom. The molecule has 0 atom stereocenters. The number of anilines is 1. The summed E-state index contributed by atoms with van der Waals surface area (Å²) in [6.45, 7) is 14.8. The van der Waals surface area contributed by atoms with E-state index in [0.717, 1.165) is 28.1 Å². The highest BCUT2D eigenvalue weighted by Gasteiger charge is 2.22. The van der Waals surface area contributed by atoms with Gasteiger partial charge in [0.05, 0.1) is 18.0 Å². The van der Waals surface area contributed by atoms with E-state index >= 15 is 0 Å². The standard InChI is InChI=1S/C19H25FN2O.C2H4/c1-11(2)18-15(10-23-5)16(13-6-8-14(20)9-7-13)17(21)19(22-18)12(3)4;1-2/h6-9,11-12H,10,21H2,1-5H3;1-2H2. The first-order valence-corrected chi connectivity index (χ1v) is 8.43. The van der Waals surface area contributed by atoms with Crippen LogP contribution >= 0.6 is 0 Å². The van der Waals surface area contributed by atoms with Crippen molar-refractivity contribution in [1.82, 2.24) is 4.98 Å². The van der Waals surface area contributed by atoms with Gasteiger partial charge in [-0.25, -0.2) is 4.39 Å². The summed E-state index contributed by atoms with van der Waals surface area (Å²) in [6.07, 6.45) is 0. The van der Waals surface area contributed by atoms with Gasteiger partial charge >= 0.3 is 0 Å². The Balaban J connectivity index is 0.00000151. The number of halogens is 1. The number of hydrogen-bond acceptors (Lipinski definition) is 3. The molecule has 0 aliphatic heterocycles. The summed E-state index contributed by atoms with van der Waals surface area (Å²) in [4.78, 5) is 4.81. The average molecular weight is 344 g/mol. The molecule has 0 amide bonds. The van der Waals surface area contributed by atoms with E-state index in [9.17, 15) is 4.39 Å². The first-order chi connectivity index (χ1) is 11.9. The van der Waals surface area contributed by atoms with Gasteiger partial charge in [-0.3, -0.25) is 4.98 Å².